The summed E-state index contributed by atoms with van der Waals surface area (Å²) in [5.41, 5.74) is -0.815. The van der Waals surface area contributed by atoms with Gasteiger partial charge in [-0.3, -0.25) is 4.79 Å². The highest BCUT2D eigenvalue weighted by atomic mass is 32.2. The lowest BCUT2D eigenvalue weighted by molar-refractivity contribution is 0.0889. The van der Waals surface area contributed by atoms with E-state index in [-0.39, 0.29) is 10.5 Å². The Morgan fingerprint density at radius 3 is 2.26 bits per heavy atom. The number of ketones is 1. The molecule has 1 atom stereocenters. The molecule has 1 aromatic carbocycles. The predicted octanol–water partition coefficient (Wildman–Crippen LogP) is 2.30. The molecule has 19 heavy (non-hydrogen) atoms. The molecular formula is C13H18FNO3S. The third-order valence-electron chi connectivity index (χ3n) is 2.24. The third kappa shape index (κ3) is 4.11. The van der Waals surface area contributed by atoms with Crippen molar-refractivity contribution in [2.24, 2.45) is 0 Å². The predicted molar refractivity (Wildman–Crippen MR) is 71.4 cm³/mol. The molecule has 0 saturated carbocycles. The maximum Gasteiger partial charge on any atom is 0.241 e. The van der Waals surface area contributed by atoms with E-state index in [2.05, 4.69) is 4.72 Å². The van der Waals surface area contributed by atoms with E-state index in [1.165, 1.54) is 24.3 Å². The summed E-state index contributed by atoms with van der Waals surface area (Å²) in [6.07, 6.45) is -1.74. The van der Waals surface area contributed by atoms with Crippen LogP contribution in [0.25, 0.3) is 0 Å². The van der Waals surface area contributed by atoms with Gasteiger partial charge in [-0.25, -0.2) is 17.5 Å². The van der Waals surface area contributed by atoms with E-state index in [1.807, 2.05) is 0 Å². The fourth-order valence-corrected chi connectivity index (χ4v) is 3.21. The molecule has 0 aliphatic rings. The second-order valence-corrected chi connectivity index (χ2v) is 6.98. The molecule has 1 N–H and O–H groups in total. The van der Waals surface area contributed by atoms with Crippen molar-refractivity contribution in [2.45, 2.75) is 44.3 Å². The van der Waals surface area contributed by atoms with Crippen molar-refractivity contribution in [1.82, 2.24) is 4.72 Å². The number of alkyl halides is 1. The normalized spacial score (nSPS) is 14.2. The largest absolute Gasteiger partial charge is 0.291 e. The SMILES string of the molecule is CC(F)C(=O)c1ccccc1S(=O)(=O)NC(C)(C)C. The van der Waals surface area contributed by atoms with Crippen molar-refractivity contribution >= 4 is 15.8 Å². The van der Waals surface area contributed by atoms with Gasteiger partial charge in [0.05, 0.1) is 4.90 Å². The van der Waals surface area contributed by atoms with E-state index in [4.69, 9.17) is 0 Å². The summed E-state index contributed by atoms with van der Waals surface area (Å²) in [4.78, 5) is 11.5. The smallest absolute Gasteiger partial charge is 0.241 e. The van der Waals surface area contributed by atoms with E-state index in [0.717, 1.165) is 6.92 Å². The molecule has 0 fully saturated rings. The number of hydrogen-bond donors (Lipinski definition) is 1. The van der Waals surface area contributed by atoms with Crippen LogP contribution < -0.4 is 4.72 Å². The zero-order chi connectivity index (χ0) is 14.8. The first-order valence-electron chi connectivity index (χ1n) is 5.86. The van der Waals surface area contributed by atoms with Gasteiger partial charge in [-0.15, -0.1) is 0 Å². The van der Waals surface area contributed by atoms with Gasteiger partial charge in [0.15, 0.2) is 12.0 Å². The standard InChI is InChI=1S/C13H18FNO3S/c1-9(14)12(16)10-7-5-6-8-11(10)19(17,18)15-13(2,3)4/h5-9,15H,1-4H3. The highest BCUT2D eigenvalue weighted by molar-refractivity contribution is 7.89. The number of carbonyl (C=O) groups is 1. The summed E-state index contributed by atoms with van der Waals surface area (Å²) >= 11 is 0. The number of hydrogen-bond acceptors (Lipinski definition) is 3. The van der Waals surface area contributed by atoms with E-state index in [9.17, 15) is 17.6 Å². The van der Waals surface area contributed by atoms with Gasteiger partial charge in [0.2, 0.25) is 10.0 Å². The third-order valence-corrected chi connectivity index (χ3v) is 4.06. The molecule has 0 heterocycles. The van der Waals surface area contributed by atoms with Gasteiger partial charge in [0, 0.05) is 11.1 Å². The molecule has 106 valence electrons. The lowest BCUT2D eigenvalue weighted by Crippen LogP contribution is -2.41. The number of halogens is 1. The molecule has 0 aliphatic carbocycles. The van der Waals surface area contributed by atoms with Gasteiger partial charge in [-0.2, -0.15) is 0 Å². The molecule has 0 spiro atoms. The minimum Gasteiger partial charge on any atom is -0.291 e. The molecule has 0 amide bonds. The average Bonchev–Trinajstić information content (AvgIpc) is 2.24. The summed E-state index contributed by atoms with van der Waals surface area (Å²) < 4.78 is 40.0. The van der Waals surface area contributed by atoms with Gasteiger partial charge in [-0.05, 0) is 39.8 Å². The van der Waals surface area contributed by atoms with Gasteiger partial charge in [0.1, 0.15) is 0 Å². The van der Waals surface area contributed by atoms with Crippen LogP contribution in [0.3, 0.4) is 0 Å². The van der Waals surface area contributed by atoms with Gasteiger partial charge < -0.3 is 0 Å². The van der Waals surface area contributed by atoms with Crippen molar-refractivity contribution in [3.8, 4) is 0 Å². The number of nitrogens with one attached hydrogen (secondary N) is 1. The van der Waals surface area contributed by atoms with Crippen LogP contribution in [0.5, 0.6) is 0 Å². The van der Waals surface area contributed by atoms with Crippen LogP contribution >= 0.6 is 0 Å². The van der Waals surface area contributed by atoms with Crippen LogP contribution in [0, 0.1) is 0 Å². The van der Waals surface area contributed by atoms with E-state index in [1.54, 1.807) is 20.8 Å². The Bertz CT molecular complexity index is 574. The maximum atomic E-state index is 13.1. The van der Waals surface area contributed by atoms with Crippen molar-refractivity contribution in [1.29, 1.82) is 0 Å². The maximum absolute atomic E-state index is 13.1. The minimum atomic E-state index is -3.86. The Balaban J connectivity index is 3.32. The molecule has 0 aromatic heterocycles. The molecule has 1 unspecified atom stereocenters. The van der Waals surface area contributed by atoms with Crippen LogP contribution in [0.1, 0.15) is 38.1 Å². The minimum absolute atomic E-state index is 0.130. The Morgan fingerprint density at radius 2 is 1.79 bits per heavy atom. The Labute approximate surface area is 113 Å². The molecule has 0 aliphatic heterocycles. The molecular weight excluding hydrogens is 269 g/mol. The molecule has 1 rings (SSSR count). The van der Waals surface area contributed by atoms with Crippen molar-refractivity contribution in [2.75, 3.05) is 0 Å². The number of carbonyl (C=O) groups excluding carboxylic acids is 1. The van der Waals surface area contributed by atoms with Gasteiger partial charge in [0.25, 0.3) is 0 Å². The van der Waals surface area contributed by atoms with Crippen LogP contribution in [-0.2, 0) is 10.0 Å². The summed E-state index contributed by atoms with van der Waals surface area (Å²) in [7, 11) is -3.86. The topological polar surface area (TPSA) is 63.2 Å². The van der Waals surface area contributed by atoms with Crippen LogP contribution in [0.2, 0.25) is 0 Å². The van der Waals surface area contributed by atoms with Crippen molar-refractivity contribution in [3.05, 3.63) is 29.8 Å². The number of Topliss-reactive ketones (excluding diaryl/α,β-unsaturated/α-hetero) is 1. The first-order chi connectivity index (χ1) is 8.54. The van der Waals surface area contributed by atoms with Crippen LogP contribution in [0.15, 0.2) is 29.2 Å². The second kappa shape index (κ2) is 5.38. The average molecular weight is 287 g/mol. The molecule has 6 heteroatoms. The number of benzene rings is 1. The first-order valence-corrected chi connectivity index (χ1v) is 7.34. The lowest BCUT2D eigenvalue weighted by atomic mass is 10.1. The summed E-state index contributed by atoms with van der Waals surface area (Å²) in [5.74, 6) is -0.838. The van der Waals surface area contributed by atoms with Crippen molar-refractivity contribution in [3.63, 3.8) is 0 Å². The first kappa shape index (κ1) is 15.8. The quantitative estimate of drug-likeness (QED) is 0.864. The number of rotatable bonds is 4. The molecule has 0 bridgehead atoms. The zero-order valence-electron chi connectivity index (χ0n) is 11.4. The fourth-order valence-electron chi connectivity index (χ4n) is 1.58. The van der Waals surface area contributed by atoms with Crippen LogP contribution in [0.4, 0.5) is 4.39 Å². The second-order valence-electron chi connectivity index (χ2n) is 5.33. The summed E-state index contributed by atoms with van der Waals surface area (Å²) in [6.45, 7) is 6.15. The molecule has 4 nitrogen and oxygen atoms in total. The Morgan fingerprint density at radius 1 is 1.26 bits per heavy atom. The Hall–Kier alpha value is -1.27. The molecule has 1 aromatic rings. The highest BCUT2D eigenvalue weighted by Crippen LogP contribution is 2.19. The fraction of sp³-hybridized carbons (Fsp3) is 0.462. The summed E-state index contributed by atoms with van der Waals surface area (Å²) in [5, 5.41) is 0. The molecule has 0 radical (unpaired) electrons. The van der Waals surface area contributed by atoms with Gasteiger partial charge in [-0.1, -0.05) is 12.1 Å². The molecule has 0 saturated heterocycles. The van der Waals surface area contributed by atoms with E-state index in [0.29, 0.717) is 0 Å². The summed E-state index contributed by atoms with van der Waals surface area (Å²) in [6, 6.07) is 5.61. The monoisotopic (exact) mass is 287 g/mol. The van der Waals surface area contributed by atoms with E-state index >= 15 is 0 Å². The lowest BCUT2D eigenvalue weighted by Gasteiger charge is -2.21. The van der Waals surface area contributed by atoms with Crippen molar-refractivity contribution < 1.29 is 17.6 Å². The van der Waals surface area contributed by atoms with E-state index < -0.39 is 27.5 Å². The van der Waals surface area contributed by atoms with Crippen LogP contribution in [-0.4, -0.2) is 25.9 Å². The number of sulfonamides is 1. The Kier molecular flexibility index (Phi) is 4.47. The highest BCUT2D eigenvalue weighted by Gasteiger charge is 2.27. The zero-order valence-corrected chi connectivity index (χ0v) is 12.2. The van der Waals surface area contributed by atoms with Gasteiger partial charge >= 0.3 is 0 Å².